The van der Waals surface area contributed by atoms with E-state index in [1.807, 2.05) is 0 Å². The normalized spacial score (nSPS) is 39.2. The lowest BCUT2D eigenvalue weighted by molar-refractivity contribution is 0.110. The average Bonchev–Trinajstić information content (AvgIpc) is 2.71. The van der Waals surface area contributed by atoms with Crippen LogP contribution in [0.4, 0.5) is 0 Å². The van der Waals surface area contributed by atoms with Gasteiger partial charge in [-0.25, -0.2) is 0 Å². The highest BCUT2D eigenvalue weighted by atomic mass is 16.5. The largest absolute Gasteiger partial charge is 0.380 e. The Kier molecular flexibility index (Phi) is 3.42. The highest BCUT2D eigenvalue weighted by Crippen LogP contribution is 2.24. The van der Waals surface area contributed by atoms with Crippen molar-refractivity contribution in [1.29, 1.82) is 0 Å². The van der Waals surface area contributed by atoms with Crippen LogP contribution in [-0.2, 0) is 4.74 Å². The molecule has 0 aromatic carbocycles. The van der Waals surface area contributed by atoms with E-state index < -0.39 is 0 Å². The van der Waals surface area contributed by atoms with Crippen molar-refractivity contribution in [3.8, 4) is 0 Å². The Hall–Kier alpha value is -0.120. The van der Waals surface area contributed by atoms with Crippen molar-refractivity contribution in [1.82, 2.24) is 4.90 Å². The summed E-state index contributed by atoms with van der Waals surface area (Å²) in [5, 5.41) is 0. The maximum absolute atomic E-state index is 5.91. The first-order chi connectivity index (χ1) is 6.77. The number of ether oxygens (including phenoxy) is 1. The van der Waals surface area contributed by atoms with Gasteiger partial charge in [-0.15, -0.1) is 0 Å². The van der Waals surface area contributed by atoms with Gasteiger partial charge in [0.1, 0.15) is 0 Å². The van der Waals surface area contributed by atoms with Crippen LogP contribution in [-0.4, -0.2) is 43.3 Å². The lowest BCUT2D eigenvalue weighted by Gasteiger charge is -2.36. The van der Waals surface area contributed by atoms with Gasteiger partial charge in [0.05, 0.1) is 6.61 Å². The third-order valence-electron chi connectivity index (χ3n) is 3.80. The van der Waals surface area contributed by atoms with Gasteiger partial charge in [-0.3, -0.25) is 4.90 Å². The van der Waals surface area contributed by atoms with E-state index in [0.29, 0.717) is 12.1 Å². The van der Waals surface area contributed by atoms with E-state index in [0.717, 1.165) is 19.3 Å². The lowest BCUT2D eigenvalue weighted by Crippen LogP contribution is -2.44. The van der Waals surface area contributed by atoms with Gasteiger partial charge in [-0.05, 0) is 39.2 Å². The third kappa shape index (κ3) is 2.27. The molecule has 82 valence electrons. The zero-order chi connectivity index (χ0) is 9.97. The molecule has 1 aliphatic carbocycles. The molecule has 1 atom stereocenters. The first kappa shape index (κ1) is 10.4. The fourth-order valence-electron chi connectivity index (χ4n) is 2.65. The summed E-state index contributed by atoms with van der Waals surface area (Å²) >= 11 is 0. The molecule has 0 radical (unpaired) electrons. The second-order valence-corrected chi connectivity index (χ2v) is 4.75. The minimum absolute atomic E-state index is 0.458. The van der Waals surface area contributed by atoms with Crippen LogP contribution in [0.2, 0.25) is 0 Å². The van der Waals surface area contributed by atoms with Gasteiger partial charge in [0, 0.05) is 24.7 Å². The molecule has 1 heterocycles. The van der Waals surface area contributed by atoms with Crippen LogP contribution in [0.25, 0.3) is 0 Å². The zero-order valence-electron chi connectivity index (χ0n) is 9.11. The Labute approximate surface area is 86.6 Å². The smallest absolute Gasteiger partial charge is 0.0622 e. The van der Waals surface area contributed by atoms with Crippen molar-refractivity contribution in [2.75, 3.05) is 20.3 Å². The highest BCUT2D eigenvalue weighted by Gasteiger charge is 2.28. The standard InChI is InChI=1S/C11H22N2O/c1-13(11-6-7-14-8-11)10-4-2-9(12)3-5-10/h9-11H,2-8,12H2,1H3/t9?,10?,11-/m0/s1. The van der Waals surface area contributed by atoms with Crippen molar-refractivity contribution in [2.24, 2.45) is 5.73 Å². The Morgan fingerprint density at radius 1 is 1.07 bits per heavy atom. The predicted molar refractivity (Wildman–Crippen MR) is 57.2 cm³/mol. The summed E-state index contributed by atoms with van der Waals surface area (Å²) in [5.41, 5.74) is 5.91. The van der Waals surface area contributed by atoms with Crippen LogP contribution in [0.1, 0.15) is 32.1 Å². The van der Waals surface area contributed by atoms with E-state index in [9.17, 15) is 0 Å². The molecule has 2 aliphatic rings. The Bertz CT molecular complexity index is 172. The topological polar surface area (TPSA) is 38.5 Å². The van der Waals surface area contributed by atoms with Crippen LogP contribution in [0.3, 0.4) is 0 Å². The van der Waals surface area contributed by atoms with Crippen LogP contribution < -0.4 is 5.73 Å². The summed E-state index contributed by atoms with van der Waals surface area (Å²) in [6.07, 6.45) is 6.15. The number of rotatable bonds is 2. The molecule has 14 heavy (non-hydrogen) atoms. The number of hydrogen-bond acceptors (Lipinski definition) is 3. The summed E-state index contributed by atoms with van der Waals surface area (Å²) in [5.74, 6) is 0. The fourth-order valence-corrected chi connectivity index (χ4v) is 2.65. The lowest BCUT2D eigenvalue weighted by atomic mass is 9.90. The van der Waals surface area contributed by atoms with E-state index in [1.54, 1.807) is 0 Å². The van der Waals surface area contributed by atoms with E-state index in [1.165, 1.54) is 32.1 Å². The van der Waals surface area contributed by atoms with Crippen molar-refractivity contribution in [3.05, 3.63) is 0 Å². The molecule has 0 aromatic rings. The second-order valence-electron chi connectivity index (χ2n) is 4.75. The van der Waals surface area contributed by atoms with Gasteiger partial charge in [0.2, 0.25) is 0 Å². The fraction of sp³-hybridized carbons (Fsp3) is 1.00. The Morgan fingerprint density at radius 3 is 2.36 bits per heavy atom. The first-order valence-corrected chi connectivity index (χ1v) is 5.82. The summed E-state index contributed by atoms with van der Waals surface area (Å²) in [4.78, 5) is 2.53. The molecule has 3 heteroatoms. The molecule has 0 unspecified atom stereocenters. The van der Waals surface area contributed by atoms with Crippen molar-refractivity contribution < 1.29 is 4.74 Å². The molecule has 2 fully saturated rings. The van der Waals surface area contributed by atoms with Crippen LogP contribution in [0, 0.1) is 0 Å². The molecule has 2 rings (SSSR count). The molecule has 0 bridgehead atoms. The molecule has 1 aliphatic heterocycles. The van der Waals surface area contributed by atoms with Crippen molar-refractivity contribution in [3.63, 3.8) is 0 Å². The second kappa shape index (κ2) is 4.60. The third-order valence-corrected chi connectivity index (χ3v) is 3.80. The molecule has 0 aromatic heterocycles. The monoisotopic (exact) mass is 198 g/mol. The summed E-state index contributed by atoms with van der Waals surface area (Å²) in [6, 6.07) is 1.87. The summed E-state index contributed by atoms with van der Waals surface area (Å²) < 4.78 is 5.42. The van der Waals surface area contributed by atoms with Gasteiger partial charge < -0.3 is 10.5 Å². The highest BCUT2D eigenvalue weighted by molar-refractivity contribution is 4.84. The number of likely N-dealkylation sites (N-methyl/N-ethyl adjacent to an activating group) is 1. The molecule has 0 spiro atoms. The minimum Gasteiger partial charge on any atom is -0.380 e. The SMILES string of the molecule is CN(C1CCC(N)CC1)[C@H]1CCOC1. The molecule has 0 amide bonds. The van der Waals surface area contributed by atoms with Crippen molar-refractivity contribution >= 4 is 0 Å². The molecule has 1 saturated heterocycles. The van der Waals surface area contributed by atoms with Crippen molar-refractivity contribution in [2.45, 2.75) is 50.2 Å². The molecule has 2 N–H and O–H groups in total. The van der Waals surface area contributed by atoms with Crippen LogP contribution in [0.15, 0.2) is 0 Å². The number of nitrogens with zero attached hydrogens (tertiary/aromatic N) is 1. The van der Waals surface area contributed by atoms with E-state index in [4.69, 9.17) is 10.5 Å². The summed E-state index contributed by atoms with van der Waals surface area (Å²) in [7, 11) is 2.25. The van der Waals surface area contributed by atoms with Gasteiger partial charge in [0.25, 0.3) is 0 Å². The predicted octanol–water partition coefficient (Wildman–Crippen LogP) is 0.977. The number of hydrogen-bond donors (Lipinski definition) is 1. The van der Waals surface area contributed by atoms with E-state index in [2.05, 4.69) is 11.9 Å². The summed E-state index contributed by atoms with van der Waals surface area (Å²) in [6.45, 7) is 1.88. The molecular formula is C11H22N2O. The van der Waals surface area contributed by atoms with Gasteiger partial charge in [0.15, 0.2) is 0 Å². The maximum Gasteiger partial charge on any atom is 0.0622 e. The molecule has 3 nitrogen and oxygen atoms in total. The molecule has 1 saturated carbocycles. The minimum atomic E-state index is 0.458. The van der Waals surface area contributed by atoms with Gasteiger partial charge in [-0.1, -0.05) is 0 Å². The van der Waals surface area contributed by atoms with Crippen LogP contribution >= 0.6 is 0 Å². The Balaban J connectivity index is 1.82. The number of nitrogens with two attached hydrogens (primary N) is 1. The zero-order valence-corrected chi connectivity index (χ0v) is 9.11. The van der Waals surface area contributed by atoms with Gasteiger partial charge >= 0.3 is 0 Å². The first-order valence-electron chi connectivity index (χ1n) is 5.82. The average molecular weight is 198 g/mol. The van der Waals surface area contributed by atoms with Gasteiger partial charge in [-0.2, -0.15) is 0 Å². The van der Waals surface area contributed by atoms with Crippen LogP contribution in [0.5, 0.6) is 0 Å². The van der Waals surface area contributed by atoms with E-state index >= 15 is 0 Å². The molecular weight excluding hydrogens is 176 g/mol. The maximum atomic E-state index is 5.91. The Morgan fingerprint density at radius 2 is 1.79 bits per heavy atom. The quantitative estimate of drug-likeness (QED) is 0.719. The van der Waals surface area contributed by atoms with E-state index in [-0.39, 0.29) is 0 Å².